The number of benzene rings is 1. The fraction of sp³-hybridized carbons (Fsp3) is 0.444. The van der Waals surface area contributed by atoms with Crippen molar-refractivity contribution in [3.63, 3.8) is 0 Å². The van der Waals surface area contributed by atoms with Crippen LogP contribution in [0, 0.1) is 6.92 Å². The van der Waals surface area contributed by atoms with Crippen LogP contribution in [0.25, 0.3) is 0 Å². The van der Waals surface area contributed by atoms with Crippen molar-refractivity contribution in [3.05, 3.63) is 47.8 Å². The molecular weight excluding hydrogens is 302 g/mol. The number of hydrogen-bond acceptors (Lipinski definition) is 3. The average Bonchev–Trinajstić information content (AvgIpc) is 2.97. The van der Waals surface area contributed by atoms with Crippen molar-refractivity contribution in [1.82, 2.24) is 20.4 Å². The molecule has 0 spiro atoms. The van der Waals surface area contributed by atoms with Gasteiger partial charge >= 0.3 is 0 Å². The van der Waals surface area contributed by atoms with E-state index >= 15 is 0 Å². The lowest BCUT2D eigenvalue weighted by Crippen LogP contribution is -2.41. The molecule has 0 bridgehead atoms. The Labute approximate surface area is 143 Å². The van der Waals surface area contributed by atoms with Gasteiger partial charge in [-0.2, -0.15) is 5.10 Å². The molecule has 0 saturated heterocycles. The first-order valence-corrected chi connectivity index (χ1v) is 8.31. The summed E-state index contributed by atoms with van der Waals surface area (Å²) in [6.07, 6.45) is 1.82. The maximum Gasteiger partial charge on any atom is 0.191 e. The summed E-state index contributed by atoms with van der Waals surface area (Å²) < 4.78 is 7.81. The normalized spacial score (nSPS) is 12.8. The number of aryl methyl sites for hydroxylation is 2. The summed E-state index contributed by atoms with van der Waals surface area (Å²) in [7, 11) is 1.92. The SMILES string of the molecule is CCNC(=NCc1ccnn1C)NCC(C)Oc1ccccc1C. The van der Waals surface area contributed by atoms with Gasteiger partial charge in [-0.15, -0.1) is 0 Å². The number of rotatable bonds is 7. The van der Waals surface area contributed by atoms with Crippen LogP contribution in [-0.4, -0.2) is 34.9 Å². The number of para-hydroxylation sites is 1. The zero-order valence-corrected chi connectivity index (χ0v) is 14.9. The molecule has 0 aliphatic rings. The Morgan fingerprint density at radius 3 is 2.75 bits per heavy atom. The molecule has 2 rings (SSSR count). The fourth-order valence-electron chi connectivity index (χ4n) is 2.25. The molecule has 0 fully saturated rings. The summed E-state index contributed by atoms with van der Waals surface area (Å²) in [4.78, 5) is 4.59. The van der Waals surface area contributed by atoms with E-state index in [1.807, 2.05) is 42.9 Å². The van der Waals surface area contributed by atoms with E-state index in [9.17, 15) is 0 Å². The smallest absolute Gasteiger partial charge is 0.191 e. The van der Waals surface area contributed by atoms with Gasteiger partial charge in [0.1, 0.15) is 11.9 Å². The van der Waals surface area contributed by atoms with Crippen LogP contribution in [-0.2, 0) is 13.6 Å². The van der Waals surface area contributed by atoms with Crippen LogP contribution in [0.2, 0.25) is 0 Å². The molecular formula is C18H27N5O. The van der Waals surface area contributed by atoms with Crippen LogP contribution in [0.15, 0.2) is 41.5 Å². The van der Waals surface area contributed by atoms with E-state index in [0.717, 1.165) is 29.5 Å². The van der Waals surface area contributed by atoms with Gasteiger partial charge in [0.05, 0.1) is 18.8 Å². The highest BCUT2D eigenvalue weighted by Crippen LogP contribution is 2.17. The molecule has 1 heterocycles. The molecule has 24 heavy (non-hydrogen) atoms. The summed E-state index contributed by atoms with van der Waals surface area (Å²) in [5.74, 6) is 1.70. The van der Waals surface area contributed by atoms with Crippen molar-refractivity contribution in [3.8, 4) is 5.75 Å². The third-order valence-electron chi connectivity index (χ3n) is 3.64. The predicted molar refractivity (Wildman–Crippen MR) is 97.3 cm³/mol. The number of ether oxygens (including phenoxy) is 1. The highest BCUT2D eigenvalue weighted by atomic mass is 16.5. The summed E-state index contributed by atoms with van der Waals surface area (Å²) in [5, 5.41) is 10.7. The molecule has 2 aromatic rings. The van der Waals surface area contributed by atoms with Crippen molar-refractivity contribution in [2.45, 2.75) is 33.4 Å². The van der Waals surface area contributed by atoms with Gasteiger partial charge < -0.3 is 15.4 Å². The number of aromatic nitrogens is 2. The molecule has 0 amide bonds. The Morgan fingerprint density at radius 1 is 1.29 bits per heavy atom. The summed E-state index contributed by atoms with van der Waals surface area (Å²) in [5.41, 5.74) is 2.21. The zero-order chi connectivity index (χ0) is 17.4. The van der Waals surface area contributed by atoms with Gasteiger partial charge in [0.25, 0.3) is 0 Å². The lowest BCUT2D eigenvalue weighted by molar-refractivity contribution is 0.222. The lowest BCUT2D eigenvalue weighted by atomic mass is 10.2. The molecule has 6 nitrogen and oxygen atoms in total. The van der Waals surface area contributed by atoms with Crippen molar-refractivity contribution < 1.29 is 4.74 Å². The molecule has 1 aromatic carbocycles. The van der Waals surface area contributed by atoms with Gasteiger partial charge in [-0.3, -0.25) is 4.68 Å². The standard InChI is InChI=1S/C18H27N5O/c1-5-19-18(21-13-16-10-11-22-23(16)4)20-12-15(3)24-17-9-7-6-8-14(17)2/h6-11,15H,5,12-13H2,1-4H3,(H2,19,20,21). The van der Waals surface area contributed by atoms with Crippen molar-refractivity contribution in [2.75, 3.05) is 13.1 Å². The number of nitrogens with zero attached hydrogens (tertiary/aromatic N) is 3. The molecule has 2 N–H and O–H groups in total. The topological polar surface area (TPSA) is 63.5 Å². The minimum absolute atomic E-state index is 0.0339. The first-order chi connectivity index (χ1) is 11.6. The maximum atomic E-state index is 5.98. The molecule has 0 aliphatic heterocycles. The van der Waals surface area contributed by atoms with Gasteiger partial charge in [-0.05, 0) is 38.5 Å². The second-order valence-corrected chi connectivity index (χ2v) is 5.72. The maximum absolute atomic E-state index is 5.98. The molecule has 0 radical (unpaired) electrons. The van der Waals surface area contributed by atoms with Gasteiger partial charge in [-0.25, -0.2) is 4.99 Å². The quantitative estimate of drug-likeness (QED) is 0.604. The lowest BCUT2D eigenvalue weighted by Gasteiger charge is -2.18. The number of nitrogens with one attached hydrogen (secondary N) is 2. The van der Waals surface area contributed by atoms with Crippen molar-refractivity contribution in [1.29, 1.82) is 0 Å². The van der Waals surface area contributed by atoms with Crippen LogP contribution in [0.1, 0.15) is 25.1 Å². The fourth-order valence-corrected chi connectivity index (χ4v) is 2.25. The van der Waals surface area contributed by atoms with Crippen LogP contribution >= 0.6 is 0 Å². The van der Waals surface area contributed by atoms with E-state index in [4.69, 9.17) is 4.74 Å². The highest BCUT2D eigenvalue weighted by molar-refractivity contribution is 5.79. The van der Waals surface area contributed by atoms with Crippen LogP contribution in [0.4, 0.5) is 0 Å². The zero-order valence-electron chi connectivity index (χ0n) is 14.9. The Hall–Kier alpha value is -2.50. The second-order valence-electron chi connectivity index (χ2n) is 5.72. The minimum atomic E-state index is 0.0339. The van der Waals surface area contributed by atoms with E-state index in [1.165, 1.54) is 0 Å². The molecule has 6 heteroatoms. The van der Waals surface area contributed by atoms with Gasteiger partial charge in [0.2, 0.25) is 0 Å². The summed E-state index contributed by atoms with van der Waals surface area (Å²) in [6, 6.07) is 10.0. The molecule has 130 valence electrons. The molecule has 1 unspecified atom stereocenters. The Morgan fingerprint density at radius 2 is 2.08 bits per heavy atom. The monoisotopic (exact) mass is 329 g/mol. The van der Waals surface area contributed by atoms with Gasteiger partial charge in [0, 0.05) is 19.8 Å². The van der Waals surface area contributed by atoms with Crippen LogP contribution < -0.4 is 15.4 Å². The van der Waals surface area contributed by atoms with Crippen molar-refractivity contribution in [2.24, 2.45) is 12.0 Å². The third-order valence-corrected chi connectivity index (χ3v) is 3.64. The van der Waals surface area contributed by atoms with Crippen LogP contribution in [0.5, 0.6) is 5.75 Å². The van der Waals surface area contributed by atoms with Crippen molar-refractivity contribution >= 4 is 5.96 Å². The first-order valence-electron chi connectivity index (χ1n) is 8.31. The van der Waals surface area contributed by atoms with E-state index in [-0.39, 0.29) is 6.10 Å². The van der Waals surface area contributed by atoms with Gasteiger partial charge in [0.15, 0.2) is 5.96 Å². The largest absolute Gasteiger partial charge is 0.489 e. The first kappa shape index (κ1) is 17.8. The highest BCUT2D eigenvalue weighted by Gasteiger charge is 2.07. The number of aliphatic imine (C=N–C) groups is 1. The van der Waals surface area contributed by atoms with Crippen LogP contribution in [0.3, 0.4) is 0 Å². The van der Waals surface area contributed by atoms with E-state index in [1.54, 1.807) is 6.20 Å². The molecule has 1 aromatic heterocycles. The summed E-state index contributed by atoms with van der Waals surface area (Å²) >= 11 is 0. The summed E-state index contributed by atoms with van der Waals surface area (Å²) in [6.45, 7) is 8.21. The average molecular weight is 329 g/mol. The number of hydrogen-bond donors (Lipinski definition) is 2. The molecule has 0 aliphatic carbocycles. The second kappa shape index (κ2) is 8.96. The molecule has 1 atom stereocenters. The Bertz CT molecular complexity index is 665. The third kappa shape index (κ3) is 5.30. The van der Waals surface area contributed by atoms with E-state index in [2.05, 4.69) is 40.6 Å². The Kier molecular flexibility index (Phi) is 6.66. The van der Waals surface area contributed by atoms with Gasteiger partial charge in [-0.1, -0.05) is 18.2 Å². The predicted octanol–water partition coefficient (Wildman–Crippen LogP) is 2.25. The molecule has 0 saturated carbocycles. The Balaban J connectivity index is 1.88. The minimum Gasteiger partial charge on any atom is -0.489 e. The number of guanidine groups is 1. The van der Waals surface area contributed by atoms with E-state index < -0.39 is 0 Å². The van der Waals surface area contributed by atoms with E-state index in [0.29, 0.717) is 13.1 Å².